The number of likely N-dealkylation sites (N-methyl/N-ethyl adjacent to an activating group) is 1. The number of carboxylic acids is 1. The normalized spacial score (nSPS) is 14.0. The van der Waals surface area contributed by atoms with Crippen LogP contribution in [0.1, 0.15) is 181 Å². The van der Waals surface area contributed by atoms with E-state index in [-0.39, 0.29) is 38.6 Å². The molecule has 0 aromatic rings. The highest BCUT2D eigenvalue weighted by atomic mass is 16.7. The minimum atomic E-state index is -1.65. The van der Waals surface area contributed by atoms with Crippen molar-refractivity contribution >= 4 is 17.9 Å². The number of quaternary nitrogens is 1. The van der Waals surface area contributed by atoms with Crippen LogP contribution in [-0.2, 0) is 33.3 Å². The summed E-state index contributed by atoms with van der Waals surface area (Å²) in [5, 5.41) is 11.8. The minimum absolute atomic E-state index is 0.128. The summed E-state index contributed by atoms with van der Waals surface area (Å²) in [6.45, 7) is 4.42. The Bertz CT molecular complexity index is 1780. The molecule has 0 aromatic heterocycles. The van der Waals surface area contributed by atoms with Crippen molar-refractivity contribution in [3.05, 3.63) is 158 Å². The van der Waals surface area contributed by atoms with Crippen LogP contribution < -0.4 is 5.11 Å². The number of carbonyl (C=O) groups excluding carboxylic acids is 3. The molecule has 0 amide bonds. The van der Waals surface area contributed by atoms with Crippen molar-refractivity contribution in [1.29, 1.82) is 0 Å². The molecule has 0 aromatic carbocycles. The summed E-state index contributed by atoms with van der Waals surface area (Å²) >= 11 is 0. The van der Waals surface area contributed by atoms with Crippen LogP contribution in [0.4, 0.5) is 0 Å². The zero-order valence-electron chi connectivity index (χ0n) is 47.6. The van der Waals surface area contributed by atoms with Gasteiger partial charge in [0.15, 0.2) is 12.4 Å². The van der Waals surface area contributed by atoms with Gasteiger partial charge >= 0.3 is 11.9 Å². The lowest BCUT2D eigenvalue weighted by Crippen LogP contribution is -2.44. The lowest BCUT2D eigenvalue weighted by atomic mass is 10.1. The zero-order chi connectivity index (χ0) is 54.8. The number of unbranched alkanes of at least 4 members (excludes halogenated alkanes) is 9. The highest BCUT2D eigenvalue weighted by Gasteiger charge is 2.21. The molecule has 0 saturated heterocycles. The Morgan fingerprint density at radius 1 is 0.400 bits per heavy atom. The van der Waals surface area contributed by atoms with E-state index in [0.717, 1.165) is 122 Å². The number of hydrogen-bond acceptors (Lipinski definition) is 8. The van der Waals surface area contributed by atoms with Gasteiger partial charge < -0.3 is 33.3 Å². The maximum absolute atomic E-state index is 12.8. The Kier molecular flexibility index (Phi) is 51.4. The molecule has 0 aliphatic carbocycles. The van der Waals surface area contributed by atoms with Crippen LogP contribution in [0.5, 0.6) is 0 Å². The molecular formula is C66H103NO8. The molecule has 2 unspecified atom stereocenters. The van der Waals surface area contributed by atoms with E-state index in [4.69, 9.17) is 18.9 Å². The summed E-state index contributed by atoms with van der Waals surface area (Å²) < 4.78 is 22.6. The average Bonchev–Trinajstić information content (AvgIpc) is 3.38. The number of nitrogens with zero attached hydrogens (tertiary/aromatic N) is 1. The van der Waals surface area contributed by atoms with E-state index in [1.165, 1.54) is 19.3 Å². The molecule has 0 rings (SSSR count). The Hall–Kier alpha value is -5.09. The molecule has 0 saturated carbocycles. The van der Waals surface area contributed by atoms with Gasteiger partial charge in [0.25, 0.3) is 0 Å². The lowest BCUT2D eigenvalue weighted by Gasteiger charge is -2.26. The predicted molar refractivity (Wildman–Crippen MR) is 315 cm³/mol. The molecule has 9 heteroatoms. The van der Waals surface area contributed by atoms with Gasteiger partial charge in [0.1, 0.15) is 13.2 Å². The van der Waals surface area contributed by atoms with Gasteiger partial charge in [-0.05, 0) is 122 Å². The third kappa shape index (κ3) is 56.5. The number of hydrogen-bond donors (Lipinski definition) is 0. The fourth-order valence-electron chi connectivity index (χ4n) is 6.93. The van der Waals surface area contributed by atoms with Gasteiger partial charge in [0, 0.05) is 12.8 Å². The number of esters is 2. The van der Waals surface area contributed by atoms with Crippen LogP contribution in [-0.4, -0.2) is 82.3 Å². The summed E-state index contributed by atoms with van der Waals surface area (Å²) in [6.07, 6.45) is 78.7. The van der Waals surface area contributed by atoms with E-state index >= 15 is 0 Å². The molecule has 420 valence electrons. The SMILES string of the molecule is CC/C=C\C/C=C\C/C=C\C/C=C\C/C=C\C/C=C\C/C=C\C/C=C\C/C=C\C/C=C\CCCCC(=O)OC(COC(=O)CCCCCCCCC/C=C\C/C=C\C/C=C\CC)COC(OCC[N+](C)(C)C)C(=O)[O-]. The molecule has 2 atom stereocenters. The second-order valence-electron chi connectivity index (χ2n) is 19.5. The number of ether oxygens (including phenoxy) is 4. The van der Waals surface area contributed by atoms with Crippen LogP contribution >= 0.6 is 0 Å². The number of rotatable bonds is 50. The van der Waals surface area contributed by atoms with Crippen molar-refractivity contribution in [3.63, 3.8) is 0 Å². The van der Waals surface area contributed by atoms with E-state index < -0.39 is 24.3 Å². The van der Waals surface area contributed by atoms with Crippen molar-refractivity contribution in [3.8, 4) is 0 Å². The summed E-state index contributed by atoms with van der Waals surface area (Å²) in [5.74, 6) is -2.38. The second kappa shape index (κ2) is 55.2. The highest BCUT2D eigenvalue weighted by Crippen LogP contribution is 2.12. The van der Waals surface area contributed by atoms with Gasteiger partial charge in [-0.25, -0.2) is 0 Å². The van der Waals surface area contributed by atoms with Gasteiger partial charge in [-0.1, -0.05) is 204 Å². The second-order valence-corrected chi connectivity index (χ2v) is 19.5. The molecule has 0 fully saturated rings. The smallest absolute Gasteiger partial charge is 0.306 e. The van der Waals surface area contributed by atoms with Gasteiger partial charge in [-0.2, -0.15) is 0 Å². The molecule has 0 aliphatic heterocycles. The molecule has 75 heavy (non-hydrogen) atoms. The summed E-state index contributed by atoms with van der Waals surface area (Å²) in [7, 11) is 5.88. The van der Waals surface area contributed by atoms with Gasteiger partial charge in [-0.15, -0.1) is 0 Å². The maximum atomic E-state index is 12.8. The molecule has 9 nitrogen and oxygen atoms in total. The van der Waals surface area contributed by atoms with E-state index in [1.807, 2.05) is 21.1 Å². The fraction of sp³-hybridized carbons (Fsp3) is 0.561. The van der Waals surface area contributed by atoms with Crippen LogP contribution in [0, 0.1) is 0 Å². The highest BCUT2D eigenvalue weighted by molar-refractivity contribution is 5.70. The molecule has 0 bridgehead atoms. The van der Waals surface area contributed by atoms with E-state index in [2.05, 4.69) is 172 Å². The van der Waals surface area contributed by atoms with Crippen LogP contribution in [0.25, 0.3) is 0 Å². The molecule has 0 radical (unpaired) electrons. The lowest BCUT2D eigenvalue weighted by molar-refractivity contribution is -0.870. The van der Waals surface area contributed by atoms with Crippen molar-refractivity contribution in [1.82, 2.24) is 0 Å². The largest absolute Gasteiger partial charge is 0.545 e. The number of carbonyl (C=O) groups is 3. The predicted octanol–water partition coefficient (Wildman–Crippen LogP) is 15.7. The average molecular weight is 1040 g/mol. The van der Waals surface area contributed by atoms with Crippen molar-refractivity contribution in [2.24, 2.45) is 0 Å². The first kappa shape index (κ1) is 69.9. The number of aliphatic carboxylic acids is 1. The number of carboxylic acid groups (broad SMARTS) is 1. The van der Waals surface area contributed by atoms with E-state index in [1.54, 1.807) is 0 Å². The number of allylic oxidation sites excluding steroid dienone is 26. The first-order valence-corrected chi connectivity index (χ1v) is 28.6. The Morgan fingerprint density at radius 2 is 0.720 bits per heavy atom. The monoisotopic (exact) mass is 1040 g/mol. The summed E-state index contributed by atoms with van der Waals surface area (Å²) in [5.41, 5.74) is 0. The molecule has 0 aliphatic rings. The van der Waals surface area contributed by atoms with Crippen LogP contribution in [0.15, 0.2) is 158 Å². The Balaban J connectivity index is 4.39. The van der Waals surface area contributed by atoms with E-state index in [0.29, 0.717) is 23.9 Å². The molecule has 0 spiro atoms. The Labute approximate surface area is 457 Å². The topological polar surface area (TPSA) is 111 Å². The third-order valence-electron chi connectivity index (χ3n) is 11.3. The summed E-state index contributed by atoms with van der Waals surface area (Å²) in [6, 6.07) is 0. The van der Waals surface area contributed by atoms with Gasteiger partial charge in [0.2, 0.25) is 0 Å². The first-order chi connectivity index (χ1) is 36.6. The van der Waals surface area contributed by atoms with Crippen LogP contribution in [0.2, 0.25) is 0 Å². The minimum Gasteiger partial charge on any atom is -0.545 e. The fourth-order valence-corrected chi connectivity index (χ4v) is 6.93. The zero-order valence-corrected chi connectivity index (χ0v) is 47.6. The quantitative estimate of drug-likeness (QED) is 0.0195. The molecule has 0 N–H and O–H groups in total. The van der Waals surface area contributed by atoms with Crippen molar-refractivity contribution < 1.29 is 42.9 Å². The van der Waals surface area contributed by atoms with Crippen molar-refractivity contribution in [2.45, 2.75) is 193 Å². The Morgan fingerprint density at radius 3 is 1.09 bits per heavy atom. The van der Waals surface area contributed by atoms with Crippen LogP contribution in [0.3, 0.4) is 0 Å². The summed E-state index contributed by atoms with van der Waals surface area (Å²) in [4.78, 5) is 37.2. The molecule has 0 heterocycles. The third-order valence-corrected chi connectivity index (χ3v) is 11.3. The van der Waals surface area contributed by atoms with Crippen molar-refractivity contribution in [2.75, 3.05) is 47.5 Å². The maximum Gasteiger partial charge on any atom is 0.306 e. The van der Waals surface area contributed by atoms with E-state index in [9.17, 15) is 19.5 Å². The van der Waals surface area contributed by atoms with Gasteiger partial charge in [-0.3, -0.25) is 9.59 Å². The first-order valence-electron chi connectivity index (χ1n) is 28.6. The van der Waals surface area contributed by atoms with Gasteiger partial charge in [0.05, 0.1) is 40.3 Å². The molecular weight excluding hydrogens is 935 g/mol. The standard InChI is InChI=1S/C66H103NO8/c1-6-8-10-12-14-16-18-20-22-24-25-26-27-28-29-30-31-32-33-34-35-36-37-38-39-41-43-45-47-49-51-53-55-57-64(69)75-62(61-74-66(65(70)71)72-59-58-67(3,4)5)60-73-63(68)56-54-52-50-48-46-44-42-40-23-21-19-17-15-13-11-9-7-2/h8-11,14-17,20-23,25-26,28-29,31-32,34-35,37-38,41,43,47,49,62,66H,6-7,12-13,18-19,24,27,30,33,36,39-40,42,44-46,48,50-61H2,1-5H3/b10-8-,11-9-,16-14-,17-15-,22-20-,23-21-,26-25-,29-28-,32-31-,35-34-,38-37-,43-41-,49-47-.